The molecule has 6 N–H and O–H groups in total. The Morgan fingerprint density at radius 1 is 1.38 bits per heavy atom. The molecule has 0 saturated heterocycles. The number of amides is 1. The van der Waals surface area contributed by atoms with Gasteiger partial charge >= 0.3 is 0 Å². The zero-order valence-corrected chi connectivity index (χ0v) is 14.0. The van der Waals surface area contributed by atoms with Gasteiger partial charge in [-0.2, -0.15) is 10.4 Å². The molecule has 0 radical (unpaired) electrons. The summed E-state index contributed by atoms with van der Waals surface area (Å²) in [6.07, 6.45) is 3.10. The van der Waals surface area contributed by atoms with E-state index >= 15 is 0 Å². The molecule has 1 aromatic carbocycles. The third kappa shape index (κ3) is 4.47. The monoisotopic (exact) mass is 357 g/mol. The lowest BCUT2D eigenvalue weighted by Gasteiger charge is -2.08. The second-order valence-corrected chi connectivity index (χ2v) is 5.66. The molecule has 0 bridgehead atoms. The molecule has 10 nitrogen and oxygen atoms in total. The summed E-state index contributed by atoms with van der Waals surface area (Å²) < 4.78 is 0. The molecule has 0 aliphatic rings. The van der Waals surface area contributed by atoms with Crippen molar-refractivity contribution in [2.75, 3.05) is 17.6 Å². The Kier molecular flexibility index (Phi) is 6.10. The number of carbonyl (C=O) groups is 1. The van der Waals surface area contributed by atoms with Crippen molar-refractivity contribution >= 4 is 23.1 Å². The second-order valence-electron chi connectivity index (χ2n) is 5.66. The zero-order valence-electron chi connectivity index (χ0n) is 14.0. The third-order valence-electron chi connectivity index (χ3n) is 3.88. The molecule has 26 heavy (non-hydrogen) atoms. The van der Waals surface area contributed by atoms with E-state index in [1.54, 1.807) is 0 Å². The van der Waals surface area contributed by atoms with E-state index in [0.717, 1.165) is 31.0 Å². The van der Waals surface area contributed by atoms with Gasteiger partial charge in [-0.25, -0.2) is 0 Å². The minimum atomic E-state index is -0.712. The highest BCUT2D eigenvalue weighted by atomic mass is 16.6. The molecule has 136 valence electrons. The predicted molar refractivity (Wildman–Crippen MR) is 95.4 cm³/mol. The number of rotatable bonds is 9. The Morgan fingerprint density at radius 2 is 2.15 bits per heavy atom. The molecule has 10 heteroatoms. The van der Waals surface area contributed by atoms with Gasteiger partial charge in [-0.1, -0.05) is 6.42 Å². The van der Waals surface area contributed by atoms with Gasteiger partial charge in [0.05, 0.1) is 10.6 Å². The molecular formula is C16H19N7O3. The Balaban J connectivity index is 1.82. The van der Waals surface area contributed by atoms with Crippen LogP contribution in [0.5, 0.6) is 0 Å². The molecule has 0 spiro atoms. The van der Waals surface area contributed by atoms with Crippen LogP contribution < -0.4 is 16.8 Å². The molecule has 0 aliphatic heterocycles. The summed E-state index contributed by atoms with van der Waals surface area (Å²) in [5.74, 6) is -0.508. The van der Waals surface area contributed by atoms with Gasteiger partial charge in [0.15, 0.2) is 5.82 Å². The first kappa shape index (κ1) is 18.7. The van der Waals surface area contributed by atoms with Gasteiger partial charge in [0.25, 0.3) is 5.69 Å². The number of nitro benzene ring substituents is 1. The average molecular weight is 357 g/mol. The van der Waals surface area contributed by atoms with Crippen molar-refractivity contribution in [3.8, 4) is 6.07 Å². The van der Waals surface area contributed by atoms with Gasteiger partial charge in [-0.05, 0) is 31.4 Å². The molecule has 0 saturated carbocycles. The van der Waals surface area contributed by atoms with Crippen molar-refractivity contribution in [1.82, 2.24) is 10.2 Å². The highest BCUT2D eigenvalue weighted by molar-refractivity contribution is 5.94. The lowest BCUT2D eigenvalue weighted by molar-refractivity contribution is -0.384. The highest BCUT2D eigenvalue weighted by Gasteiger charge is 2.16. The van der Waals surface area contributed by atoms with E-state index in [1.807, 2.05) is 6.07 Å². The normalized spacial score (nSPS) is 10.3. The number of hydrogen-bond acceptors (Lipinski definition) is 7. The maximum atomic E-state index is 11.1. The van der Waals surface area contributed by atoms with Gasteiger partial charge in [0.2, 0.25) is 5.91 Å². The number of nitriles is 1. The van der Waals surface area contributed by atoms with Gasteiger partial charge in [-0.15, -0.1) is 0 Å². The van der Waals surface area contributed by atoms with Crippen LogP contribution in [0, 0.1) is 21.4 Å². The van der Waals surface area contributed by atoms with E-state index in [1.165, 1.54) is 12.1 Å². The molecule has 1 aromatic heterocycles. The molecule has 0 atom stereocenters. The smallest absolute Gasteiger partial charge is 0.293 e. The average Bonchev–Trinajstić information content (AvgIpc) is 2.97. The molecule has 0 aliphatic carbocycles. The van der Waals surface area contributed by atoms with Gasteiger partial charge in [-0.3, -0.25) is 20.0 Å². The van der Waals surface area contributed by atoms with Crippen LogP contribution >= 0.6 is 0 Å². The largest absolute Gasteiger partial charge is 0.381 e. The van der Waals surface area contributed by atoms with Crippen LogP contribution in [-0.2, 0) is 6.42 Å². The Morgan fingerprint density at radius 3 is 2.81 bits per heavy atom. The standard InChI is InChI=1S/C16H19N7O3/c17-9-11-12(21-22-15(11)18)4-2-1-3-7-20-13-6-5-10(16(19)24)8-14(13)23(25)26/h5-6,8,20H,1-4,7H2,(H2,19,24)(H3,18,21,22). The Bertz CT molecular complexity index is 854. The number of anilines is 2. The summed E-state index contributed by atoms with van der Waals surface area (Å²) in [7, 11) is 0. The van der Waals surface area contributed by atoms with E-state index in [-0.39, 0.29) is 17.1 Å². The van der Waals surface area contributed by atoms with E-state index in [4.69, 9.17) is 16.7 Å². The molecule has 1 heterocycles. The van der Waals surface area contributed by atoms with Crippen molar-refractivity contribution in [1.29, 1.82) is 5.26 Å². The molecule has 0 unspecified atom stereocenters. The summed E-state index contributed by atoms with van der Waals surface area (Å²) in [6, 6.07) is 6.11. The number of aromatic nitrogens is 2. The van der Waals surface area contributed by atoms with Gasteiger partial charge < -0.3 is 16.8 Å². The minimum absolute atomic E-state index is 0.0920. The number of aromatic amines is 1. The topological polar surface area (TPSA) is 177 Å². The molecule has 2 aromatic rings. The number of aryl methyl sites for hydroxylation is 1. The molecule has 2 rings (SSSR count). The van der Waals surface area contributed by atoms with Crippen molar-refractivity contribution in [2.45, 2.75) is 25.7 Å². The Labute approximate surface area is 149 Å². The summed E-state index contributed by atoms with van der Waals surface area (Å²) in [4.78, 5) is 21.7. The van der Waals surface area contributed by atoms with Crippen LogP contribution in [0.15, 0.2) is 18.2 Å². The summed E-state index contributed by atoms with van der Waals surface area (Å²) >= 11 is 0. The Hall–Kier alpha value is -3.61. The lowest BCUT2D eigenvalue weighted by atomic mass is 10.1. The van der Waals surface area contributed by atoms with Crippen LogP contribution in [-0.4, -0.2) is 27.6 Å². The number of nitro groups is 1. The first-order valence-electron chi connectivity index (χ1n) is 7.99. The van der Waals surface area contributed by atoms with Crippen molar-refractivity contribution in [3.63, 3.8) is 0 Å². The van der Waals surface area contributed by atoms with E-state index in [2.05, 4.69) is 15.5 Å². The van der Waals surface area contributed by atoms with Crippen LogP contribution in [0.1, 0.15) is 40.9 Å². The third-order valence-corrected chi connectivity index (χ3v) is 3.88. The molecule has 0 fully saturated rings. The first-order chi connectivity index (χ1) is 12.4. The number of nitrogen functional groups attached to an aromatic ring is 1. The fourth-order valence-corrected chi connectivity index (χ4v) is 2.51. The van der Waals surface area contributed by atoms with Crippen LogP contribution in [0.4, 0.5) is 17.2 Å². The predicted octanol–water partition coefficient (Wildman–Crippen LogP) is 1.70. The van der Waals surface area contributed by atoms with Crippen molar-refractivity contribution in [3.05, 3.63) is 45.1 Å². The fraction of sp³-hybridized carbons (Fsp3) is 0.312. The number of nitrogens with zero attached hydrogens (tertiary/aromatic N) is 3. The maximum absolute atomic E-state index is 11.1. The maximum Gasteiger partial charge on any atom is 0.293 e. The zero-order chi connectivity index (χ0) is 19.1. The van der Waals surface area contributed by atoms with E-state index < -0.39 is 10.8 Å². The van der Waals surface area contributed by atoms with Gasteiger partial charge in [0, 0.05) is 18.2 Å². The number of benzene rings is 1. The number of hydrogen-bond donors (Lipinski definition) is 4. The highest BCUT2D eigenvalue weighted by Crippen LogP contribution is 2.25. The van der Waals surface area contributed by atoms with E-state index in [0.29, 0.717) is 24.2 Å². The van der Waals surface area contributed by atoms with Crippen LogP contribution in [0.2, 0.25) is 0 Å². The number of H-pyrrole nitrogens is 1. The summed E-state index contributed by atoms with van der Waals surface area (Å²) in [6.45, 7) is 0.535. The SMILES string of the molecule is N#Cc1c(N)n[nH]c1CCCCCNc1ccc(C(N)=O)cc1[N+](=O)[O-]. The summed E-state index contributed by atoms with van der Waals surface area (Å²) in [5.41, 5.74) is 12.1. The van der Waals surface area contributed by atoms with Gasteiger partial charge in [0.1, 0.15) is 17.3 Å². The summed E-state index contributed by atoms with van der Waals surface area (Å²) in [5, 5.41) is 29.7. The number of nitrogens with two attached hydrogens (primary N) is 2. The van der Waals surface area contributed by atoms with Crippen molar-refractivity contribution < 1.29 is 9.72 Å². The first-order valence-corrected chi connectivity index (χ1v) is 7.99. The fourth-order valence-electron chi connectivity index (χ4n) is 2.51. The quantitative estimate of drug-likeness (QED) is 0.299. The number of unbranched alkanes of at least 4 members (excludes halogenated alkanes) is 2. The molecule has 1 amide bonds. The number of carbonyl (C=O) groups excluding carboxylic acids is 1. The number of primary amides is 1. The minimum Gasteiger partial charge on any atom is -0.381 e. The lowest BCUT2D eigenvalue weighted by Crippen LogP contribution is -2.12. The van der Waals surface area contributed by atoms with Crippen molar-refractivity contribution in [2.24, 2.45) is 5.73 Å². The molecular weight excluding hydrogens is 338 g/mol. The number of nitrogens with one attached hydrogen (secondary N) is 2. The second kappa shape index (κ2) is 8.48. The van der Waals surface area contributed by atoms with Crippen LogP contribution in [0.25, 0.3) is 0 Å². The van der Waals surface area contributed by atoms with E-state index in [9.17, 15) is 14.9 Å². The van der Waals surface area contributed by atoms with Crippen LogP contribution in [0.3, 0.4) is 0 Å².